The van der Waals surface area contributed by atoms with Gasteiger partial charge in [-0.25, -0.2) is 0 Å². The van der Waals surface area contributed by atoms with E-state index in [0.717, 1.165) is 12.8 Å². The Labute approximate surface area is 116 Å². The lowest BCUT2D eigenvalue weighted by Gasteiger charge is -2.20. The van der Waals surface area contributed by atoms with Crippen molar-refractivity contribution in [2.75, 3.05) is 6.54 Å². The van der Waals surface area contributed by atoms with Crippen molar-refractivity contribution in [1.29, 1.82) is 0 Å². The summed E-state index contributed by atoms with van der Waals surface area (Å²) >= 11 is 0. The molecule has 1 amide bonds. The van der Waals surface area contributed by atoms with Crippen molar-refractivity contribution in [3.8, 4) is 0 Å². The molecule has 0 saturated carbocycles. The molecule has 3 heteroatoms. The summed E-state index contributed by atoms with van der Waals surface area (Å²) in [6.45, 7) is 6.68. The van der Waals surface area contributed by atoms with E-state index in [2.05, 4.69) is 31.3 Å². The van der Waals surface area contributed by atoms with E-state index in [9.17, 15) is 4.79 Å². The van der Waals surface area contributed by atoms with Crippen LogP contribution in [0.5, 0.6) is 0 Å². The van der Waals surface area contributed by atoms with Gasteiger partial charge in [-0.15, -0.1) is 0 Å². The van der Waals surface area contributed by atoms with Crippen molar-refractivity contribution >= 4 is 5.91 Å². The molecule has 0 heterocycles. The molecule has 0 aliphatic heterocycles. The summed E-state index contributed by atoms with van der Waals surface area (Å²) in [5.41, 5.74) is 6.93. The van der Waals surface area contributed by atoms with Gasteiger partial charge < -0.3 is 11.1 Å². The molecule has 1 aromatic rings. The van der Waals surface area contributed by atoms with Gasteiger partial charge in [0.15, 0.2) is 0 Å². The summed E-state index contributed by atoms with van der Waals surface area (Å²) in [6.07, 6.45) is 1.70. The molecule has 0 aromatic heterocycles. The maximum atomic E-state index is 12.1. The number of rotatable bonds is 7. The topological polar surface area (TPSA) is 55.1 Å². The highest BCUT2D eigenvalue weighted by Crippen LogP contribution is 2.11. The second-order valence-corrected chi connectivity index (χ2v) is 5.66. The number of carbonyl (C=O) groups is 1. The molecule has 2 unspecified atom stereocenters. The lowest BCUT2D eigenvalue weighted by Crippen LogP contribution is -2.41. The van der Waals surface area contributed by atoms with Crippen molar-refractivity contribution in [1.82, 2.24) is 5.32 Å². The standard InChI is InChI=1S/C16H26N2O/c1-12(2)9-15(11-17)16(19)18-13(3)10-14-7-5-4-6-8-14/h4-8,12-13,15H,9-11,17H2,1-3H3,(H,18,19). The molecule has 1 aromatic carbocycles. The Morgan fingerprint density at radius 2 is 1.84 bits per heavy atom. The summed E-state index contributed by atoms with van der Waals surface area (Å²) in [5.74, 6) is 0.501. The third-order valence-electron chi connectivity index (χ3n) is 3.18. The second-order valence-electron chi connectivity index (χ2n) is 5.66. The number of benzene rings is 1. The van der Waals surface area contributed by atoms with E-state index in [0.29, 0.717) is 12.5 Å². The third kappa shape index (κ3) is 5.88. The van der Waals surface area contributed by atoms with Gasteiger partial charge >= 0.3 is 0 Å². The zero-order valence-corrected chi connectivity index (χ0v) is 12.2. The first-order valence-electron chi connectivity index (χ1n) is 7.07. The van der Waals surface area contributed by atoms with E-state index in [-0.39, 0.29) is 17.9 Å². The van der Waals surface area contributed by atoms with Crippen LogP contribution in [0.15, 0.2) is 30.3 Å². The van der Waals surface area contributed by atoms with Crippen molar-refractivity contribution in [2.45, 2.75) is 39.7 Å². The fourth-order valence-electron chi connectivity index (χ4n) is 2.26. The van der Waals surface area contributed by atoms with Gasteiger partial charge in [-0.05, 0) is 31.2 Å². The summed E-state index contributed by atoms with van der Waals surface area (Å²) in [5, 5.41) is 3.07. The van der Waals surface area contributed by atoms with E-state index in [1.165, 1.54) is 5.56 Å². The molecule has 106 valence electrons. The van der Waals surface area contributed by atoms with Crippen molar-refractivity contribution in [2.24, 2.45) is 17.6 Å². The van der Waals surface area contributed by atoms with E-state index in [4.69, 9.17) is 5.73 Å². The Morgan fingerprint density at radius 1 is 1.21 bits per heavy atom. The molecule has 0 aliphatic rings. The van der Waals surface area contributed by atoms with Gasteiger partial charge in [0.05, 0.1) is 5.92 Å². The first kappa shape index (κ1) is 15.7. The van der Waals surface area contributed by atoms with Gasteiger partial charge in [0.25, 0.3) is 0 Å². The van der Waals surface area contributed by atoms with Crippen LogP contribution in [0.1, 0.15) is 32.8 Å². The quantitative estimate of drug-likeness (QED) is 0.792. The summed E-state index contributed by atoms with van der Waals surface area (Å²) in [4.78, 5) is 12.1. The van der Waals surface area contributed by atoms with Gasteiger partial charge in [-0.3, -0.25) is 4.79 Å². The first-order valence-corrected chi connectivity index (χ1v) is 7.07. The maximum Gasteiger partial charge on any atom is 0.224 e. The number of hydrogen-bond donors (Lipinski definition) is 2. The highest BCUT2D eigenvalue weighted by molar-refractivity contribution is 5.79. The molecule has 0 saturated heterocycles. The Kier molecular flexibility index (Phi) is 6.57. The van der Waals surface area contributed by atoms with E-state index < -0.39 is 0 Å². The highest BCUT2D eigenvalue weighted by Gasteiger charge is 2.19. The van der Waals surface area contributed by atoms with Crippen LogP contribution >= 0.6 is 0 Å². The van der Waals surface area contributed by atoms with E-state index in [1.807, 2.05) is 25.1 Å². The summed E-state index contributed by atoms with van der Waals surface area (Å²) in [6, 6.07) is 10.3. The van der Waals surface area contributed by atoms with Crippen LogP contribution in [-0.2, 0) is 11.2 Å². The maximum absolute atomic E-state index is 12.1. The molecule has 0 aliphatic carbocycles. The Morgan fingerprint density at radius 3 is 2.37 bits per heavy atom. The smallest absolute Gasteiger partial charge is 0.224 e. The number of nitrogens with one attached hydrogen (secondary N) is 1. The molecule has 19 heavy (non-hydrogen) atoms. The van der Waals surface area contributed by atoms with Gasteiger partial charge in [-0.1, -0.05) is 44.2 Å². The van der Waals surface area contributed by atoms with Crippen molar-refractivity contribution in [3.05, 3.63) is 35.9 Å². The van der Waals surface area contributed by atoms with Gasteiger partial charge in [0.2, 0.25) is 5.91 Å². The monoisotopic (exact) mass is 262 g/mol. The number of amides is 1. The third-order valence-corrected chi connectivity index (χ3v) is 3.18. The molecule has 1 rings (SSSR count). The number of hydrogen-bond acceptors (Lipinski definition) is 2. The van der Waals surface area contributed by atoms with Gasteiger partial charge in [-0.2, -0.15) is 0 Å². The van der Waals surface area contributed by atoms with E-state index >= 15 is 0 Å². The minimum atomic E-state index is -0.0711. The molecule has 2 atom stereocenters. The first-order chi connectivity index (χ1) is 9.02. The Bertz CT molecular complexity index is 376. The number of carbonyl (C=O) groups excluding carboxylic acids is 1. The van der Waals surface area contributed by atoms with Crippen molar-refractivity contribution in [3.63, 3.8) is 0 Å². The highest BCUT2D eigenvalue weighted by atomic mass is 16.1. The number of nitrogens with two attached hydrogens (primary N) is 1. The average Bonchev–Trinajstić information content (AvgIpc) is 2.36. The molecule has 0 fully saturated rings. The van der Waals surface area contributed by atoms with Crippen LogP contribution in [-0.4, -0.2) is 18.5 Å². The second kappa shape index (κ2) is 7.95. The minimum Gasteiger partial charge on any atom is -0.353 e. The van der Waals surface area contributed by atoms with Crippen LogP contribution in [0.3, 0.4) is 0 Å². The molecule has 0 radical (unpaired) electrons. The fourth-order valence-corrected chi connectivity index (χ4v) is 2.26. The zero-order chi connectivity index (χ0) is 14.3. The zero-order valence-electron chi connectivity index (χ0n) is 12.2. The average molecular weight is 262 g/mol. The van der Waals surface area contributed by atoms with Crippen LogP contribution in [0.4, 0.5) is 0 Å². The normalized spacial score (nSPS) is 14.2. The largest absolute Gasteiger partial charge is 0.353 e. The molecule has 3 N–H and O–H groups in total. The molecular weight excluding hydrogens is 236 g/mol. The Balaban J connectivity index is 2.46. The van der Waals surface area contributed by atoms with Crippen molar-refractivity contribution < 1.29 is 4.79 Å². The predicted octanol–water partition coefficient (Wildman–Crippen LogP) is 2.35. The molecule has 3 nitrogen and oxygen atoms in total. The van der Waals surface area contributed by atoms with Gasteiger partial charge in [0.1, 0.15) is 0 Å². The Hall–Kier alpha value is -1.35. The fraction of sp³-hybridized carbons (Fsp3) is 0.562. The van der Waals surface area contributed by atoms with Crippen LogP contribution < -0.4 is 11.1 Å². The minimum absolute atomic E-state index is 0.0711. The van der Waals surface area contributed by atoms with Gasteiger partial charge in [0, 0.05) is 12.6 Å². The summed E-state index contributed by atoms with van der Waals surface area (Å²) < 4.78 is 0. The van der Waals surface area contributed by atoms with Crippen LogP contribution in [0.25, 0.3) is 0 Å². The van der Waals surface area contributed by atoms with Crippen LogP contribution in [0, 0.1) is 11.8 Å². The van der Waals surface area contributed by atoms with E-state index in [1.54, 1.807) is 0 Å². The summed E-state index contributed by atoms with van der Waals surface area (Å²) in [7, 11) is 0. The molecule has 0 spiro atoms. The lowest BCUT2D eigenvalue weighted by atomic mass is 9.96. The van der Waals surface area contributed by atoms with Crippen LogP contribution in [0.2, 0.25) is 0 Å². The predicted molar refractivity (Wildman–Crippen MR) is 79.8 cm³/mol. The lowest BCUT2D eigenvalue weighted by molar-refractivity contribution is -0.125. The SMILES string of the molecule is CC(C)CC(CN)C(=O)NC(C)Cc1ccccc1. The molecular formula is C16H26N2O. The molecule has 0 bridgehead atoms.